The van der Waals surface area contributed by atoms with Gasteiger partial charge in [0, 0.05) is 10.9 Å². The summed E-state index contributed by atoms with van der Waals surface area (Å²) in [4.78, 5) is 4.27. The lowest BCUT2D eigenvalue weighted by Gasteiger charge is -2.03. The van der Waals surface area contributed by atoms with Gasteiger partial charge in [0.2, 0.25) is 14.2 Å². The molecule has 0 spiro atoms. The van der Waals surface area contributed by atoms with E-state index >= 15 is 0 Å². The van der Waals surface area contributed by atoms with Gasteiger partial charge in [0.05, 0.1) is 18.1 Å². The molecule has 3 rings (SSSR count). The van der Waals surface area contributed by atoms with E-state index in [-0.39, 0.29) is 16.7 Å². The Labute approximate surface area is 139 Å². The first-order valence-corrected chi connectivity index (χ1v) is 9.54. The largest absolute Gasteiger partial charge is 0.392 e. The van der Waals surface area contributed by atoms with Crippen molar-refractivity contribution in [3.8, 4) is 11.3 Å². The molecule has 2 aromatic carbocycles. The topological polar surface area (TPSA) is 67.3 Å². The second kappa shape index (κ2) is 6.62. The number of aromatic nitrogens is 1. The van der Waals surface area contributed by atoms with E-state index in [4.69, 9.17) is 5.11 Å². The van der Waals surface area contributed by atoms with Crippen LogP contribution in [-0.4, -0.2) is 18.5 Å². The number of benzene rings is 2. The third-order valence-corrected chi connectivity index (χ3v) is 6.40. The van der Waals surface area contributed by atoms with Gasteiger partial charge >= 0.3 is 0 Å². The number of hydrogen-bond acceptors (Lipinski definition) is 5. The summed E-state index contributed by atoms with van der Waals surface area (Å²) in [7, 11) is -3.48. The maximum Gasteiger partial charge on any atom is 0.210 e. The van der Waals surface area contributed by atoms with Crippen molar-refractivity contribution in [2.75, 3.05) is 0 Å². The fourth-order valence-electron chi connectivity index (χ4n) is 2.16. The minimum atomic E-state index is -3.48. The van der Waals surface area contributed by atoms with Crippen LogP contribution in [0.5, 0.6) is 0 Å². The lowest BCUT2D eigenvalue weighted by Crippen LogP contribution is -2.04. The maximum atomic E-state index is 12.5. The molecule has 0 aliphatic heterocycles. The zero-order valence-electron chi connectivity index (χ0n) is 12.2. The molecule has 1 heterocycles. The van der Waals surface area contributed by atoms with Crippen molar-refractivity contribution in [1.82, 2.24) is 4.98 Å². The molecular weight excluding hydrogens is 330 g/mol. The molecule has 0 amide bonds. The lowest BCUT2D eigenvalue weighted by molar-refractivity contribution is 0.282. The molecule has 1 aromatic heterocycles. The summed E-state index contributed by atoms with van der Waals surface area (Å²) in [5, 5.41) is 10.8. The smallest absolute Gasteiger partial charge is 0.210 e. The van der Waals surface area contributed by atoms with Crippen LogP contribution in [-0.2, 0) is 22.2 Å². The Morgan fingerprint density at radius 3 is 2.26 bits per heavy atom. The molecule has 1 N–H and O–H groups in total. The summed E-state index contributed by atoms with van der Waals surface area (Å²) in [6, 6.07) is 16.4. The fourth-order valence-corrected chi connectivity index (χ4v) is 4.62. The van der Waals surface area contributed by atoms with Crippen molar-refractivity contribution < 1.29 is 13.5 Å². The molecule has 6 heteroatoms. The Bertz CT molecular complexity index is 885. The molecule has 0 aliphatic carbocycles. The summed E-state index contributed by atoms with van der Waals surface area (Å²) in [6.45, 7) is -0.0556. The van der Waals surface area contributed by atoms with Gasteiger partial charge < -0.3 is 5.11 Å². The number of rotatable bonds is 5. The maximum absolute atomic E-state index is 12.5. The zero-order chi connectivity index (χ0) is 16.3. The molecule has 0 atom stereocenters. The number of thiazole rings is 1. The highest BCUT2D eigenvalue weighted by Gasteiger charge is 2.20. The Morgan fingerprint density at radius 2 is 1.61 bits per heavy atom. The first kappa shape index (κ1) is 15.9. The lowest BCUT2D eigenvalue weighted by atomic mass is 10.2. The molecule has 0 unspecified atom stereocenters. The molecule has 4 nitrogen and oxygen atoms in total. The molecule has 3 aromatic rings. The Morgan fingerprint density at radius 1 is 0.957 bits per heavy atom. The van der Waals surface area contributed by atoms with Crippen LogP contribution in [0.4, 0.5) is 0 Å². The van der Waals surface area contributed by atoms with Crippen molar-refractivity contribution in [1.29, 1.82) is 0 Å². The van der Waals surface area contributed by atoms with E-state index in [2.05, 4.69) is 4.98 Å². The van der Waals surface area contributed by atoms with E-state index in [1.54, 1.807) is 29.6 Å². The molecule has 23 heavy (non-hydrogen) atoms. The number of aliphatic hydroxyl groups is 1. The van der Waals surface area contributed by atoms with E-state index in [9.17, 15) is 8.42 Å². The van der Waals surface area contributed by atoms with E-state index in [1.165, 1.54) is 0 Å². The van der Waals surface area contributed by atoms with Crippen LogP contribution in [0.3, 0.4) is 0 Å². The van der Waals surface area contributed by atoms with Crippen molar-refractivity contribution in [3.63, 3.8) is 0 Å². The summed E-state index contributed by atoms with van der Waals surface area (Å²) >= 11 is 1.14. The summed E-state index contributed by atoms with van der Waals surface area (Å²) in [5.74, 6) is -0.0968. The summed E-state index contributed by atoms with van der Waals surface area (Å²) < 4.78 is 25.1. The third kappa shape index (κ3) is 3.67. The Kier molecular flexibility index (Phi) is 4.56. The second-order valence-corrected chi connectivity index (χ2v) is 8.12. The van der Waals surface area contributed by atoms with Gasteiger partial charge in [-0.15, -0.1) is 11.3 Å². The van der Waals surface area contributed by atoms with Crippen LogP contribution in [0, 0.1) is 0 Å². The normalized spacial score (nSPS) is 11.5. The van der Waals surface area contributed by atoms with Crippen LogP contribution in [0.2, 0.25) is 0 Å². The zero-order valence-corrected chi connectivity index (χ0v) is 13.8. The number of hydrogen-bond donors (Lipinski definition) is 1. The van der Waals surface area contributed by atoms with Crippen LogP contribution in [0.25, 0.3) is 11.3 Å². The molecule has 0 radical (unpaired) electrons. The van der Waals surface area contributed by atoms with Gasteiger partial charge in [-0.25, -0.2) is 13.4 Å². The van der Waals surface area contributed by atoms with Crippen LogP contribution in [0.1, 0.15) is 11.1 Å². The van der Waals surface area contributed by atoms with Crippen molar-refractivity contribution in [3.05, 3.63) is 71.1 Å². The summed E-state index contributed by atoms with van der Waals surface area (Å²) in [6.07, 6.45) is 0. The summed E-state index contributed by atoms with van der Waals surface area (Å²) in [5.41, 5.74) is 3.01. The minimum absolute atomic E-state index is 0.0556. The van der Waals surface area contributed by atoms with Crippen LogP contribution in [0.15, 0.2) is 64.3 Å². The van der Waals surface area contributed by atoms with E-state index < -0.39 is 9.84 Å². The molecule has 0 saturated carbocycles. The molecule has 0 saturated heterocycles. The predicted octanol–water partition coefficient (Wildman–Crippen LogP) is 3.28. The van der Waals surface area contributed by atoms with E-state index in [0.717, 1.165) is 22.5 Å². The van der Waals surface area contributed by atoms with Gasteiger partial charge in [0.1, 0.15) is 0 Å². The van der Waals surface area contributed by atoms with Gasteiger partial charge in [0.15, 0.2) is 0 Å². The van der Waals surface area contributed by atoms with Gasteiger partial charge in [-0.3, -0.25) is 0 Å². The SMILES string of the molecule is O=S(=O)(Cc1ccc(CO)cc1)c1nc(-c2ccccc2)cs1. The van der Waals surface area contributed by atoms with Gasteiger partial charge in [-0.2, -0.15) is 0 Å². The standard InChI is InChI=1S/C17H15NO3S2/c19-10-13-6-8-14(9-7-13)12-23(20,21)17-18-16(11-22-17)15-4-2-1-3-5-15/h1-9,11,19H,10,12H2. The minimum Gasteiger partial charge on any atom is -0.392 e. The molecule has 0 fully saturated rings. The van der Waals surface area contributed by atoms with Crippen LogP contribution < -0.4 is 0 Å². The van der Waals surface area contributed by atoms with E-state index in [0.29, 0.717) is 11.3 Å². The number of nitrogens with zero attached hydrogens (tertiary/aromatic N) is 1. The Balaban J connectivity index is 1.83. The second-order valence-electron chi connectivity index (χ2n) is 5.10. The van der Waals surface area contributed by atoms with Crippen molar-refractivity contribution in [2.24, 2.45) is 0 Å². The average Bonchev–Trinajstić information content (AvgIpc) is 3.07. The molecule has 0 aliphatic rings. The highest BCUT2D eigenvalue weighted by Crippen LogP contribution is 2.26. The van der Waals surface area contributed by atoms with Gasteiger partial charge in [0.25, 0.3) is 0 Å². The highest BCUT2D eigenvalue weighted by molar-refractivity contribution is 7.92. The Hall–Kier alpha value is -2.02. The monoisotopic (exact) mass is 345 g/mol. The molecular formula is C17H15NO3S2. The first-order chi connectivity index (χ1) is 11.1. The molecule has 0 bridgehead atoms. The number of aliphatic hydroxyl groups excluding tert-OH is 1. The van der Waals surface area contributed by atoms with Crippen LogP contribution >= 0.6 is 11.3 Å². The predicted molar refractivity (Wildman–Crippen MR) is 90.8 cm³/mol. The van der Waals surface area contributed by atoms with E-state index in [1.807, 2.05) is 30.3 Å². The van der Waals surface area contributed by atoms with Crippen molar-refractivity contribution >= 4 is 21.2 Å². The van der Waals surface area contributed by atoms with Gasteiger partial charge in [-0.1, -0.05) is 54.6 Å². The average molecular weight is 345 g/mol. The van der Waals surface area contributed by atoms with Gasteiger partial charge in [-0.05, 0) is 11.1 Å². The molecule has 118 valence electrons. The third-order valence-electron chi connectivity index (χ3n) is 3.38. The quantitative estimate of drug-likeness (QED) is 0.770. The first-order valence-electron chi connectivity index (χ1n) is 7.01. The highest BCUT2D eigenvalue weighted by atomic mass is 32.2. The number of sulfone groups is 1. The fraction of sp³-hybridized carbons (Fsp3) is 0.118. The van der Waals surface area contributed by atoms with Crippen molar-refractivity contribution in [2.45, 2.75) is 16.7 Å².